The molecule has 0 aromatic heterocycles. The summed E-state index contributed by atoms with van der Waals surface area (Å²) in [6.07, 6.45) is 7.69. The van der Waals surface area contributed by atoms with E-state index in [2.05, 4.69) is 6.58 Å². The van der Waals surface area contributed by atoms with Gasteiger partial charge in [0.25, 0.3) is 5.52 Å². The Morgan fingerprint density at radius 1 is 1.19 bits per heavy atom. The van der Waals surface area contributed by atoms with Crippen molar-refractivity contribution in [2.24, 2.45) is 0 Å². The maximum absolute atomic E-state index is 12.0. The summed E-state index contributed by atoms with van der Waals surface area (Å²) in [4.78, 5) is 11.3. The van der Waals surface area contributed by atoms with Gasteiger partial charge in [0.2, 0.25) is 0 Å². The van der Waals surface area contributed by atoms with Crippen molar-refractivity contribution in [2.45, 2.75) is 13.8 Å². The summed E-state index contributed by atoms with van der Waals surface area (Å²) in [6, 6.07) is 0. The van der Waals surface area contributed by atoms with Crippen LogP contribution in [0, 0.1) is 0 Å². The van der Waals surface area contributed by atoms with Gasteiger partial charge >= 0.3 is 7.60 Å². The fourth-order valence-corrected chi connectivity index (χ4v) is 1.87. The lowest BCUT2D eigenvalue weighted by molar-refractivity contribution is -0.109. The minimum atomic E-state index is -3.73. The fourth-order valence-electron chi connectivity index (χ4n) is 0.751. The molecule has 0 spiro atoms. The van der Waals surface area contributed by atoms with Gasteiger partial charge in [0.05, 0.1) is 13.2 Å². The van der Waals surface area contributed by atoms with Gasteiger partial charge in [0, 0.05) is 0 Å². The topological polar surface area (TPSA) is 52.6 Å². The van der Waals surface area contributed by atoms with Crippen molar-refractivity contribution in [1.29, 1.82) is 0 Å². The van der Waals surface area contributed by atoms with Gasteiger partial charge in [0.15, 0.2) is 0 Å². The van der Waals surface area contributed by atoms with Crippen molar-refractivity contribution in [1.82, 2.24) is 0 Å². The number of hydrogen-bond acceptors (Lipinski definition) is 4. The minimum Gasteiger partial charge on any atom is -0.299 e. The number of carbonyl (C=O) groups is 1. The Morgan fingerprint density at radius 3 is 1.94 bits per heavy atom. The standard InChI is InChI=1S/C11H17O4P/c1-4-7-9-14-16(13,11(12)6-3)15-10-8-5-2/h4-8H,3,9-10H2,1-2H3. The molecule has 0 aliphatic rings. The van der Waals surface area contributed by atoms with Crippen molar-refractivity contribution >= 4 is 13.1 Å². The smallest absolute Gasteiger partial charge is 0.299 e. The van der Waals surface area contributed by atoms with E-state index < -0.39 is 13.1 Å². The second kappa shape index (κ2) is 8.22. The van der Waals surface area contributed by atoms with Crippen molar-refractivity contribution < 1.29 is 18.4 Å². The molecule has 0 bridgehead atoms. The van der Waals surface area contributed by atoms with E-state index in [0.29, 0.717) is 0 Å². The summed E-state index contributed by atoms with van der Waals surface area (Å²) in [7, 11) is -3.73. The third kappa shape index (κ3) is 5.21. The summed E-state index contributed by atoms with van der Waals surface area (Å²) in [6.45, 7) is 7.00. The zero-order valence-corrected chi connectivity index (χ0v) is 10.5. The molecule has 0 unspecified atom stereocenters. The predicted octanol–water partition coefficient (Wildman–Crippen LogP) is 3.08. The predicted molar refractivity (Wildman–Crippen MR) is 64.3 cm³/mol. The number of rotatable bonds is 8. The Morgan fingerprint density at radius 2 is 1.62 bits per heavy atom. The maximum atomic E-state index is 12.0. The van der Waals surface area contributed by atoms with E-state index in [1.54, 1.807) is 38.2 Å². The first-order valence-corrected chi connectivity index (χ1v) is 6.43. The molecule has 0 radical (unpaired) electrons. The third-order valence-electron chi connectivity index (χ3n) is 1.60. The average molecular weight is 244 g/mol. The van der Waals surface area contributed by atoms with Crippen LogP contribution in [0.3, 0.4) is 0 Å². The minimum absolute atomic E-state index is 0.0726. The monoisotopic (exact) mass is 244 g/mol. The number of carbonyl (C=O) groups excluding carboxylic acids is 1. The highest BCUT2D eigenvalue weighted by Gasteiger charge is 2.31. The van der Waals surface area contributed by atoms with Crippen LogP contribution in [0.4, 0.5) is 0 Å². The van der Waals surface area contributed by atoms with Crippen LogP contribution in [0.5, 0.6) is 0 Å². The first-order chi connectivity index (χ1) is 7.60. The molecule has 0 N–H and O–H groups in total. The second-order valence-electron chi connectivity index (χ2n) is 2.77. The van der Waals surface area contributed by atoms with Gasteiger partial charge in [-0.25, -0.2) is 0 Å². The summed E-state index contributed by atoms with van der Waals surface area (Å²) < 4.78 is 21.9. The molecule has 0 aromatic rings. The van der Waals surface area contributed by atoms with Crippen LogP contribution < -0.4 is 0 Å². The molecule has 5 heteroatoms. The van der Waals surface area contributed by atoms with Crippen molar-refractivity contribution in [3.05, 3.63) is 37.0 Å². The Kier molecular flexibility index (Phi) is 7.73. The van der Waals surface area contributed by atoms with Crippen LogP contribution in [-0.2, 0) is 18.4 Å². The van der Waals surface area contributed by atoms with E-state index in [-0.39, 0.29) is 13.2 Å². The van der Waals surface area contributed by atoms with Crippen molar-refractivity contribution in [3.63, 3.8) is 0 Å². The third-order valence-corrected chi connectivity index (χ3v) is 3.30. The molecular weight excluding hydrogens is 227 g/mol. The number of hydrogen-bond donors (Lipinski definition) is 0. The Labute approximate surface area is 96.2 Å². The second-order valence-corrected chi connectivity index (χ2v) is 4.72. The zero-order chi connectivity index (χ0) is 12.4. The molecule has 0 aromatic carbocycles. The van der Waals surface area contributed by atoms with Crippen molar-refractivity contribution in [2.75, 3.05) is 13.2 Å². The van der Waals surface area contributed by atoms with E-state index in [4.69, 9.17) is 9.05 Å². The van der Waals surface area contributed by atoms with Crippen LogP contribution in [0.15, 0.2) is 37.0 Å². The molecule has 16 heavy (non-hydrogen) atoms. The van der Waals surface area contributed by atoms with Gasteiger partial charge < -0.3 is 0 Å². The fraction of sp³-hybridized carbons (Fsp3) is 0.364. The van der Waals surface area contributed by atoms with E-state index >= 15 is 0 Å². The van der Waals surface area contributed by atoms with Gasteiger partial charge in [-0.2, -0.15) is 0 Å². The average Bonchev–Trinajstić information content (AvgIpc) is 2.28. The summed E-state index contributed by atoms with van der Waals surface area (Å²) in [5.41, 5.74) is -0.721. The maximum Gasteiger partial charge on any atom is 0.401 e. The van der Waals surface area contributed by atoms with Crippen LogP contribution >= 0.6 is 7.60 Å². The van der Waals surface area contributed by atoms with Gasteiger partial charge in [-0.3, -0.25) is 18.4 Å². The molecule has 0 saturated carbocycles. The summed E-state index contributed by atoms with van der Waals surface area (Å²) in [5, 5.41) is 0. The highest BCUT2D eigenvalue weighted by Crippen LogP contribution is 2.49. The van der Waals surface area contributed by atoms with Crippen LogP contribution in [-0.4, -0.2) is 18.7 Å². The molecule has 0 aliphatic heterocycles. The SMILES string of the molecule is C=CC(=O)P(=O)(OCC=CC)OCC=CC. The molecule has 0 amide bonds. The highest BCUT2D eigenvalue weighted by atomic mass is 31.2. The molecular formula is C11H17O4P. The molecule has 0 rings (SSSR count). The molecule has 90 valence electrons. The molecule has 0 saturated heterocycles. The zero-order valence-electron chi connectivity index (χ0n) is 9.59. The molecule has 0 atom stereocenters. The van der Waals surface area contributed by atoms with Gasteiger partial charge in [-0.15, -0.1) is 0 Å². The van der Waals surface area contributed by atoms with E-state index in [1.807, 2.05) is 0 Å². The van der Waals surface area contributed by atoms with Crippen LogP contribution in [0.1, 0.15) is 13.8 Å². The van der Waals surface area contributed by atoms with Gasteiger partial charge in [-0.1, -0.05) is 30.9 Å². The van der Waals surface area contributed by atoms with E-state index in [0.717, 1.165) is 6.08 Å². The molecule has 0 heterocycles. The van der Waals surface area contributed by atoms with Crippen molar-refractivity contribution in [3.8, 4) is 0 Å². The Bertz CT molecular complexity index is 311. The van der Waals surface area contributed by atoms with Crippen LogP contribution in [0.25, 0.3) is 0 Å². The lowest BCUT2D eigenvalue weighted by atomic mass is 10.6. The largest absolute Gasteiger partial charge is 0.401 e. The molecule has 0 fully saturated rings. The first-order valence-electron chi connectivity index (χ1n) is 4.89. The van der Waals surface area contributed by atoms with Gasteiger partial charge in [-0.05, 0) is 19.9 Å². The van der Waals surface area contributed by atoms with Gasteiger partial charge in [0.1, 0.15) is 0 Å². The normalized spacial score (nSPS) is 15.4. The highest BCUT2D eigenvalue weighted by molar-refractivity contribution is 7.72. The number of allylic oxidation sites excluding steroid dienone is 3. The Balaban J connectivity index is 4.54. The first kappa shape index (κ1) is 15.0. The van der Waals surface area contributed by atoms with E-state index in [9.17, 15) is 9.36 Å². The van der Waals surface area contributed by atoms with Crippen LogP contribution in [0.2, 0.25) is 0 Å². The summed E-state index contributed by atoms with van der Waals surface area (Å²) in [5.74, 6) is 0. The lowest BCUT2D eigenvalue weighted by Gasteiger charge is -2.13. The molecule has 0 aliphatic carbocycles. The summed E-state index contributed by atoms with van der Waals surface area (Å²) >= 11 is 0. The lowest BCUT2D eigenvalue weighted by Crippen LogP contribution is -2.04. The Hall–Kier alpha value is -0.960. The molecule has 4 nitrogen and oxygen atoms in total. The van der Waals surface area contributed by atoms with E-state index in [1.165, 1.54) is 0 Å². The quantitative estimate of drug-likeness (QED) is 0.374.